The summed E-state index contributed by atoms with van der Waals surface area (Å²) in [6, 6.07) is -0.360. The zero-order chi connectivity index (χ0) is 12.8. The molecule has 0 aromatic carbocycles. The SMILES string of the molecule is CCCc1c(Cl)ncnc1NC(C)C(=O)NC. The van der Waals surface area contributed by atoms with Crippen molar-refractivity contribution in [1.82, 2.24) is 15.3 Å². The van der Waals surface area contributed by atoms with Gasteiger partial charge in [-0.3, -0.25) is 4.79 Å². The normalized spacial score (nSPS) is 12.0. The van der Waals surface area contributed by atoms with Gasteiger partial charge in [-0.15, -0.1) is 0 Å². The van der Waals surface area contributed by atoms with Gasteiger partial charge in [-0.05, 0) is 13.3 Å². The lowest BCUT2D eigenvalue weighted by Gasteiger charge is -2.15. The fourth-order valence-electron chi connectivity index (χ4n) is 1.47. The first kappa shape index (κ1) is 13.7. The average Bonchev–Trinajstić information content (AvgIpc) is 2.32. The number of nitrogens with zero attached hydrogens (tertiary/aromatic N) is 2. The van der Waals surface area contributed by atoms with E-state index in [2.05, 4.69) is 27.5 Å². The van der Waals surface area contributed by atoms with Crippen molar-refractivity contribution in [2.24, 2.45) is 0 Å². The summed E-state index contributed by atoms with van der Waals surface area (Å²) in [5.41, 5.74) is 0.854. The van der Waals surface area contributed by atoms with Crippen molar-refractivity contribution in [3.8, 4) is 0 Å². The van der Waals surface area contributed by atoms with E-state index in [0.29, 0.717) is 11.0 Å². The zero-order valence-electron chi connectivity index (χ0n) is 10.2. The lowest BCUT2D eigenvalue weighted by Crippen LogP contribution is -2.35. The topological polar surface area (TPSA) is 66.9 Å². The predicted octanol–water partition coefficient (Wildman–Crippen LogP) is 1.63. The Labute approximate surface area is 106 Å². The molecule has 0 radical (unpaired) electrons. The number of nitrogens with one attached hydrogen (secondary N) is 2. The van der Waals surface area contributed by atoms with E-state index in [0.717, 1.165) is 18.4 Å². The largest absolute Gasteiger partial charge is 0.358 e. The summed E-state index contributed by atoms with van der Waals surface area (Å²) in [4.78, 5) is 19.5. The van der Waals surface area contributed by atoms with Gasteiger partial charge in [0, 0.05) is 12.6 Å². The minimum Gasteiger partial charge on any atom is -0.358 e. The van der Waals surface area contributed by atoms with Gasteiger partial charge in [0.1, 0.15) is 23.3 Å². The van der Waals surface area contributed by atoms with Crippen LogP contribution in [0, 0.1) is 0 Å². The molecule has 0 saturated carbocycles. The standard InChI is InChI=1S/C11H17ClN4O/c1-4-5-8-9(12)14-6-15-10(8)16-7(2)11(17)13-3/h6-7H,4-5H2,1-3H3,(H,13,17)(H,14,15,16). The number of carbonyl (C=O) groups excluding carboxylic acids is 1. The van der Waals surface area contributed by atoms with Crippen molar-refractivity contribution in [2.45, 2.75) is 32.7 Å². The molecule has 2 N–H and O–H groups in total. The Kier molecular flexibility index (Phi) is 5.15. The summed E-state index contributed by atoms with van der Waals surface area (Å²) in [5, 5.41) is 6.05. The molecule has 5 nitrogen and oxygen atoms in total. The number of hydrogen-bond donors (Lipinski definition) is 2. The van der Waals surface area contributed by atoms with Gasteiger partial charge in [0.05, 0.1) is 0 Å². The third-order valence-corrected chi connectivity index (χ3v) is 2.71. The molecule has 0 saturated heterocycles. The third-order valence-electron chi connectivity index (χ3n) is 2.39. The first-order valence-corrected chi connectivity index (χ1v) is 5.95. The molecule has 0 fully saturated rings. The van der Waals surface area contributed by atoms with Crippen molar-refractivity contribution in [2.75, 3.05) is 12.4 Å². The Morgan fingerprint density at radius 1 is 1.53 bits per heavy atom. The summed E-state index contributed by atoms with van der Waals surface area (Å²) >= 11 is 6.01. The van der Waals surface area contributed by atoms with E-state index in [4.69, 9.17) is 11.6 Å². The van der Waals surface area contributed by atoms with Crippen LogP contribution in [0.4, 0.5) is 5.82 Å². The van der Waals surface area contributed by atoms with E-state index >= 15 is 0 Å². The van der Waals surface area contributed by atoms with Crippen LogP contribution in [0.5, 0.6) is 0 Å². The summed E-state index contributed by atoms with van der Waals surface area (Å²) < 4.78 is 0. The molecule has 1 unspecified atom stereocenters. The number of anilines is 1. The minimum absolute atomic E-state index is 0.0952. The molecule has 1 heterocycles. The summed E-state index contributed by atoms with van der Waals surface area (Å²) in [6.07, 6.45) is 3.11. The van der Waals surface area contributed by atoms with Crippen molar-refractivity contribution < 1.29 is 4.79 Å². The van der Waals surface area contributed by atoms with E-state index in [1.165, 1.54) is 6.33 Å². The van der Waals surface area contributed by atoms with Gasteiger partial charge in [-0.25, -0.2) is 9.97 Å². The molecule has 1 rings (SSSR count). The molecule has 17 heavy (non-hydrogen) atoms. The first-order valence-electron chi connectivity index (χ1n) is 5.57. The maximum Gasteiger partial charge on any atom is 0.241 e. The van der Waals surface area contributed by atoms with Gasteiger partial charge in [0.25, 0.3) is 0 Å². The monoisotopic (exact) mass is 256 g/mol. The molecule has 1 aromatic rings. The lowest BCUT2D eigenvalue weighted by atomic mass is 10.1. The van der Waals surface area contributed by atoms with Crippen LogP contribution in [0.2, 0.25) is 5.15 Å². The highest BCUT2D eigenvalue weighted by Crippen LogP contribution is 2.21. The van der Waals surface area contributed by atoms with E-state index in [9.17, 15) is 4.79 Å². The number of hydrogen-bond acceptors (Lipinski definition) is 4. The van der Waals surface area contributed by atoms with Gasteiger partial charge in [-0.1, -0.05) is 24.9 Å². The summed E-state index contributed by atoms with van der Waals surface area (Å²) in [5.74, 6) is 0.533. The molecule has 6 heteroatoms. The molecular formula is C11H17ClN4O. The second kappa shape index (κ2) is 6.39. The van der Waals surface area contributed by atoms with Crippen molar-refractivity contribution in [3.05, 3.63) is 17.0 Å². The zero-order valence-corrected chi connectivity index (χ0v) is 11.0. The van der Waals surface area contributed by atoms with Gasteiger partial charge < -0.3 is 10.6 Å². The second-order valence-electron chi connectivity index (χ2n) is 3.72. The molecule has 0 bridgehead atoms. The van der Waals surface area contributed by atoms with Crippen LogP contribution in [0.25, 0.3) is 0 Å². The highest BCUT2D eigenvalue weighted by atomic mass is 35.5. The second-order valence-corrected chi connectivity index (χ2v) is 4.08. The predicted molar refractivity (Wildman–Crippen MR) is 68.2 cm³/mol. The summed E-state index contributed by atoms with van der Waals surface area (Å²) in [6.45, 7) is 3.82. The number of halogens is 1. The van der Waals surface area contributed by atoms with Gasteiger partial charge in [-0.2, -0.15) is 0 Å². The Balaban J connectivity index is 2.90. The number of rotatable bonds is 5. The number of aromatic nitrogens is 2. The first-order chi connectivity index (χ1) is 8.10. The lowest BCUT2D eigenvalue weighted by molar-refractivity contribution is -0.121. The third kappa shape index (κ3) is 3.56. The Bertz CT molecular complexity index is 397. The smallest absolute Gasteiger partial charge is 0.241 e. The summed E-state index contributed by atoms with van der Waals surface area (Å²) in [7, 11) is 1.60. The Morgan fingerprint density at radius 2 is 2.24 bits per heavy atom. The maximum atomic E-state index is 11.4. The molecule has 0 spiro atoms. The van der Waals surface area contributed by atoms with Crippen LogP contribution in [0.1, 0.15) is 25.8 Å². The van der Waals surface area contributed by atoms with Crippen molar-refractivity contribution in [3.63, 3.8) is 0 Å². The molecule has 1 amide bonds. The van der Waals surface area contributed by atoms with Crippen molar-refractivity contribution >= 4 is 23.3 Å². The molecular weight excluding hydrogens is 240 g/mol. The number of likely N-dealkylation sites (N-methyl/N-ethyl adjacent to an activating group) is 1. The highest BCUT2D eigenvalue weighted by molar-refractivity contribution is 6.30. The quantitative estimate of drug-likeness (QED) is 0.786. The van der Waals surface area contributed by atoms with Crippen LogP contribution >= 0.6 is 11.6 Å². The van der Waals surface area contributed by atoms with E-state index in [1.807, 2.05) is 0 Å². The van der Waals surface area contributed by atoms with Crippen LogP contribution in [0.15, 0.2) is 6.33 Å². The van der Waals surface area contributed by atoms with Crippen LogP contribution in [-0.4, -0.2) is 29.0 Å². The van der Waals surface area contributed by atoms with Crippen LogP contribution in [-0.2, 0) is 11.2 Å². The highest BCUT2D eigenvalue weighted by Gasteiger charge is 2.15. The van der Waals surface area contributed by atoms with E-state index in [1.54, 1.807) is 14.0 Å². The maximum absolute atomic E-state index is 11.4. The molecule has 1 aromatic heterocycles. The van der Waals surface area contributed by atoms with Crippen molar-refractivity contribution in [1.29, 1.82) is 0 Å². The fraction of sp³-hybridized carbons (Fsp3) is 0.545. The number of amides is 1. The Hall–Kier alpha value is -1.36. The number of carbonyl (C=O) groups is 1. The van der Waals surface area contributed by atoms with Crippen LogP contribution < -0.4 is 10.6 Å². The molecule has 0 aliphatic rings. The van der Waals surface area contributed by atoms with E-state index in [-0.39, 0.29) is 11.9 Å². The van der Waals surface area contributed by atoms with Gasteiger partial charge in [0.2, 0.25) is 5.91 Å². The van der Waals surface area contributed by atoms with Gasteiger partial charge >= 0.3 is 0 Å². The van der Waals surface area contributed by atoms with Gasteiger partial charge in [0.15, 0.2) is 0 Å². The molecule has 94 valence electrons. The fourth-order valence-corrected chi connectivity index (χ4v) is 1.70. The molecule has 1 atom stereocenters. The van der Waals surface area contributed by atoms with Crippen LogP contribution in [0.3, 0.4) is 0 Å². The average molecular weight is 257 g/mol. The molecule has 0 aliphatic carbocycles. The minimum atomic E-state index is -0.360. The Morgan fingerprint density at radius 3 is 2.82 bits per heavy atom. The van der Waals surface area contributed by atoms with E-state index < -0.39 is 0 Å². The molecule has 0 aliphatic heterocycles.